The monoisotopic (exact) mass is 271 g/mol. The van der Waals surface area contributed by atoms with Crippen molar-refractivity contribution in [2.24, 2.45) is 0 Å². The first-order valence-electron chi connectivity index (χ1n) is 7.23. The first kappa shape index (κ1) is 13.2. The van der Waals surface area contributed by atoms with E-state index in [0.717, 1.165) is 31.0 Å². The van der Waals surface area contributed by atoms with Crippen LogP contribution in [0.3, 0.4) is 0 Å². The highest BCUT2D eigenvalue weighted by Gasteiger charge is 2.20. The average Bonchev–Trinajstić information content (AvgIpc) is 2.94. The van der Waals surface area contributed by atoms with E-state index in [1.807, 2.05) is 23.0 Å². The summed E-state index contributed by atoms with van der Waals surface area (Å²) < 4.78 is 7.68. The molecule has 0 saturated heterocycles. The van der Waals surface area contributed by atoms with E-state index in [4.69, 9.17) is 4.74 Å². The fourth-order valence-corrected chi connectivity index (χ4v) is 2.54. The Morgan fingerprint density at radius 1 is 1.35 bits per heavy atom. The second kappa shape index (κ2) is 5.67. The zero-order valence-electron chi connectivity index (χ0n) is 12.0. The molecule has 2 heterocycles. The summed E-state index contributed by atoms with van der Waals surface area (Å²) in [5.74, 6) is 1.00. The van der Waals surface area contributed by atoms with E-state index in [1.165, 1.54) is 5.56 Å². The number of fused-ring (bicyclic) bond motifs is 1. The Morgan fingerprint density at radius 3 is 3.00 bits per heavy atom. The van der Waals surface area contributed by atoms with Gasteiger partial charge in [-0.2, -0.15) is 5.10 Å². The standard InChI is InChI=1S/C16H21N3O/c1-12(2)19-9-7-13(18-19)11-17-15-8-10-20-16-6-4-3-5-14(15)16/h3-7,9,12,15,17H,8,10-11H2,1-2H3. The van der Waals surface area contributed by atoms with Crippen molar-refractivity contribution >= 4 is 0 Å². The molecule has 20 heavy (non-hydrogen) atoms. The first-order valence-corrected chi connectivity index (χ1v) is 7.23. The molecule has 0 fully saturated rings. The van der Waals surface area contributed by atoms with Crippen molar-refractivity contribution in [1.82, 2.24) is 15.1 Å². The number of hydrogen-bond donors (Lipinski definition) is 1. The van der Waals surface area contributed by atoms with E-state index >= 15 is 0 Å². The van der Waals surface area contributed by atoms with Crippen LogP contribution in [0, 0.1) is 0 Å². The molecule has 3 rings (SSSR count). The van der Waals surface area contributed by atoms with Crippen LogP contribution in [0.2, 0.25) is 0 Å². The molecule has 4 nitrogen and oxygen atoms in total. The van der Waals surface area contributed by atoms with Gasteiger partial charge in [0.25, 0.3) is 0 Å². The highest BCUT2D eigenvalue weighted by molar-refractivity contribution is 5.37. The molecule has 1 aliphatic heterocycles. The van der Waals surface area contributed by atoms with E-state index in [0.29, 0.717) is 12.1 Å². The van der Waals surface area contributed by atoms with E-state index < -0.39 is 0 Å². The van der Waals surface area contributed by atoms with Gasteiger partial charge in [0.2, 0.25) is 0 Å². The van der Waals surface area contributed by atoms with Gasteiger partial charge < -0.3 is 10.1 Å². The number of nitrogens with one attached hydrogen (secondary N) is 1. The summed E-state index contributed by atoms with van der Waals surface area (Å²) >= 11 is 0. The lowest BCUT2D eigenvalue weighted by Crippen LogP contribution is -2.26. The van der Waals surface area contributed by atoms with Crippen molar-refractivity contribution in [3.63, 3.8) is 0 Å². The number of hydrogen-bond acceptors (Lipinski definition) is 3. The van der Waals surface area contributed by atoms with E-state index in [1.54, 1.807) is 0 Å². The summed E-state index contributed by atoms with van der Waals surface area (Å²) in [6.07, 6.45) is 3.04. The maximum absolute atomic E-state index is 5.68. The Bertz CT molecular complexity index is 577. The van der Waals surface area contributed by atoms with Gasteiger partial charge in [-0.3, -0.25) is 4.68 Å². The number of ether oxygens (including phenoxy) is 1. The van der Waals surface area contributed by atoms with Crippen LogP contribution in [0.5, 0.6) is 5.75 Å². The molecule has 4 heteroatoms. The molecule has 0 aliphatic carbocycles. The Labute approximate surface area is 119 Å². The Hall–Kier alpha value is -1.81. The minimum Gasteiger partial charge on any atom is -0.493 e. The summed E-state index contributed by atoms with van der Waals surface area (Å²) in [6, 6.07) is 11.1. The minimum absolute atomic E-state index is 0.351. The van der Waals surface area contributed by atoms with Crippen LogP contribution in [0.4, 0.5) is 0 Å². The van der Waals surface area contributed by atoms with Crippen molar-refractivity contribution < 1.29 is 4.74 Å². The molecular weight excluding hydrogens is 250 g/mol. The highest BCUT2D eigenvalue weighted by atomic mass is 16.5. The van der Waals surface area contributed by atoms with Gasteiger partial charge in [-0.15, -0.1) is 0 Å². The van der Waals surface area contributed by atoms with Crippen LogP contribution >= 0.6 is 0 Å². The fraction of sp³-hybridized carbons (Fsp3) is 0.438. The van der Waals surface area contributed by atoms with E-state index in [-0.39, 0.29) is 0 Å². The molecule has 1 aromatic carbocycles. The number of benzene rings is 1. The van der Waals surface area contributed by atoms with Crippen LogP contribution in [0.15, 0.2) is 36.5 Å². The van der Waals surface area contributed by atoms with Crippen molar-refractivity contribution in [2.45, 2.75) is 38.9 Å². The molecule has 0 amide bonds. The molecule has 1 aliphatic rings. The molecule has 1 N–H and O–H groups in total. The lowest BCUT2D eigenvalue weighted by atomic mass is 10.0. The maximum Gasteiger partial charge on any atom is 0.124 e. The van der Waals surface area contributed by atoms with Crippen LogP contribution in [-0.2, 0) is 6.54 Å². The summed E-state index contributed by atoms with van der Waals surface area (Å²) in [7, 11) is 0. The van der Waals surface area contributed by atoms with Crippen molar-refractivity contribution in [3.05, 3.63) is 47.8 Å². The summed E-state index contributed by atoms with van der Waals surface area (Å²) in [5, 5.41) is 8.16. The predicted octanol–water partition coefficient (Wildman–Crippen LogP) is 3.08. The number of rotatable bonds is 4. The smallest absolute Gasteiger partial charge is 0.124 e. The van der Waals surface area contributed by atoms with Crippen LogP contribution in [0.1, 0.15) is 43.6 Å². The third kappa shape index (κ3) is 2.70. The number of nitrogens with zero attached hydrogens (tertiary/aromatic N) is 2. The lowest BCUT2D eigenvalue weighted by Gasteiger charge is -2.26. The SMILES string of the molecule is CC(C)n1ccc(CNC2CCOc3ccccc32)n1. The number of para-hydroxylation sites is 1. The van der Waals surface area contributed by atoms with Crippen molar-refractivity contribution in [1.29, 1.82) is 0 Å². The lowest BCUT2D eigenvalue weighted by molar-refractivity contribution is 0.252. The molecule has 0 radical (unpaired) electrons. The van der Waals surface area contributed by atoms with Crippen LogP contribution in [0.25, 0.3) is 0 Å². The van der Waals surface area contributed by atoms with E-state index in [9.17, 15) is 0 Å². The normalized spacial score (nSPS) is 17.9. The third-order valence-electron chi connectivity index (χ3n) is 3.68. The molecule has 0 spiro atoms. The largest absolute Gasteiger partial charge is 0.493 e. The zero-order chi connectivity index (χ0) is 13.9. The van der Waals surface area contributed by atoms with E-state index in [2.05, 4.69) is 42.5 Å². The van der Waals surface area contributed by atoms with Gasteiger partial charge >= 0.3 is 0 Å². The summed E-state index contributed by atoms with van der Waals surface area (Å²) in [4.78, 5) is 0. The second-order valence-electron chi connectivity index (χ2n) is 5.49. The molecular formula is C16H21N3O. The fourth-order valence-electron chi connectivity index (χ4n) is 2.54. The third-order valence-corrected chi connectivity index (χ3v) is 3.68. The summed E-state index contributed by atoms with van der Waals surface area (Å²) in [6.45, 7) is 5.84. The molecule has 0 saturated carbocycles. The van der Waals surface area contributed by atoms with Crippen LogP contribution in [-0.4, -0.2) is 16.4 Å². The quantitative estimate of drug-likeness (QED) is 0.929. The molecule has 1 atom stereocenters. The molecule has 1 unspecified atom stereocenters. The number of aromatic nitrogens is 2. The van der Waals surface area contributed by atoms with Gasteiger partial charge in [0, 0.05) is 36.8 Å². The zero-order valence-corrected chi connectivity index (χ0v) is 12.0. The van der Waals surface area contributed by atoms with Crippen LogP contribution < -0.4 is 10.1 Å². The van der Waals surface area contributed by atoms with Gasteiger partial charge in [-0.25, -0.2) is 0 Å². The Morgan fingerprint density at radius 2 is 2.20 bits per heavy atom. The summed E-state index contributed by atoms with van der Waals surface area (Å²) in [5.41, 5.74) is 2.34. The predicted molar refractivity (Wildman–Crippen MR) is 78.7 cm³/mol. The Balaban J connectivity index is 1.67. The van der Waals surface area contributed by atoms with Crippen molar-refractivity contribution in [3.8, 4) is 5.75 Å². The van der Waals surface area contributed by atoms with Gasteiger partial charge in [-0.05, 0) is 26.0 Å². The topological polar surface area (TPSA) is 39.1 Å². The average molecular weight is 271 g/mol. The molecule has 1 aromatic heterocycles. The van der Waals surface area contributed by atoms with Gasteiger partial charge in [0.05, 0.1) is 12.3 Å². The second-order valence-corrected chi connectivity index (χ2v) is 5.49. The molecule has 2 aromatic rings. The minimum atomic E-state index is 0.351. The molecule has 0 bridgehead atoms. The molecule has 106 valence electrons. The first-order chi connectivity index (χ1) is 9.74. The highest BCUT2D eigenvalue weighted by Crippen LogP contribution is 2.31. The van der Waals surface area contributed by atoms with Crippen molar-refractivity contribution in [2.75, 3.05) is 6.61 Å². The Kier molecular flexibility index (Phi) is 3.74. The van der Waals surface area contributed by atoms with Gasteiger partial charge in [0.15, 0.2) is 0 Å². The maximum atomic E-state index is 5.68. The van der Waals surface area contributed by atoms with Gasteiger partial charge in [-0.1, -0.05) is 18.2 Å². The van der Waals surface area contributed by atoms with Gasteiger partial charge in [0.1, 0.15) is 5.75 Å².